The van der Waals surface area contributed by atoms with E-state index in [1.54, 1.807) is 5.38 Å². The number of aromatic nitrogens is 1. The second-order valence-corrected chi connectivity index (χ2v) is 22.5. The largest absolute Gasteiger partial charge is 0.465 e. The van der Waals surface area contributed by atoms with Crippen LogP contribution in [-0.4, -0.2) is 81.1 Å². The predicted molar refractivity (Wildman–Crippen MR) is 326 cm³/mol. The van der Waals surface area contributed by atoms with Gasteiger partial charge >= 0.3 is 5.97 Å². The second kappa shape index (κ2) is 24.5. The average molecular weight is 1150 g/mol. The quantitative estimate of drug-likeness (QED) is 0.0177. The Balaban J connectivity index is 0.974. The zero-order valence-corrected chi connectivity index (χ0v) is 47.2. The van der Waals surface area contributed by atoms with Crippen molar-refractivity contribution < 1.29 is 33.5 Å². The maximum Gasteiger partial charge on any atom is 0.357 e. The Hall–Kier alpha value is -9.57. The Labute approximate surface area is 495 Å². The van der Waals surface area contributed by atoms with Crippen LogP contribution in [0.25, 0.3) is 0 Å². The van der Waals surface area contributed by atoms with E-state index in [1.807, 2.05) is 206 Å². The van der Waals surface area contributed by atoms with Crippen molar-refractivity contribution >= 4 is 58.2 Å². The number of carbonyl (C=O) groups excluding carboxylic acids is 4. The Morgan fingerprint density at radius 3 is 1.54 bits per heavy atom. The van der Waals surface area contributed by atoms with Gasteiger partial charge in [-0.05, 0) is 40.7 Å². The standard InChI is InChI=1S/C69H58N6O7S2/c76-48-80-47-67(64(79)75-60(58(46-83-65(67)75)74-43-25-26-44-74)63(78)81-61(49-27-9-1-10-28-49)50-29-11-2-12-30-50)71-62(77)59(73-82-69(54-37-19-6-20-38-54,55-39-21-7-22-40-55)56-41-23-8-24-42-56)57-45-84-66(70-57)72-68(51-31-13-3-14-32-51,52-33-15-4-16-34-52)53-35-17-5-18-36-53/h1-24,27-42,45,48,61,65H,25-26,43-44,46-47H2,(H,70,72)(H,71,77)/b73-59-/t65-,67?/m0/s1. The van der Waals surface area contributed by atoms with Crippen LogP contribution in [0.5, 0.6) is 0 Å². The fourth-order valence-corrected chi connectivity index (χ4v) is 13.9. The van der Waals surface area contributed by atoms with Gasteiger partial charge in [0.1, 0.15) is 23.2 Å². The summed E-state index contributed by atoms with van der Waals surface area (Å²) in [6, 6.07) is 78.1. The summed E-state index contributed by atoms with van der Waals surface area (Å²) in [6.45, 7) is 1.03. The van der Waals surface area contributed by atoms with E-state index < -0.39 is 52.5 Å². The normalized spacial score (nSPS) is 17.0. The highest BCUT2D eigenvalue weighted by Gasteiger charge is 2.67. The van der Waals surface area contributed by atoms with Crippen molar-refractivity contribution in [3.8, 4) is 0 Å². The van der Waals surface area contributed by atoms with Crippen LogP contribution in [0.2, 0.25) is 0 Å². The molecule has 15 heteroatoms. The Morgan fingerprint density at radius 2 is 1.08 bits per heavy atom. The predicted octanol–water partition coefficient (Wildman–Crippen LogP) is 11.8. The summed E-state index contributed by atoms with van der Waals surface area (Å²) in [7, 11) is 0. The first-order valence-corrected chi connectivity index (χ1v) is 29.7. The maximum absolute atomic E-state index is 16.0. The van der Waals surface area contributed by atoms with Crippen LogP contribution in [0.1, 0.15) is 69.1 Å². The van der Waals surface area contributed by atoms with Gasteiger partial charge in [0.05, 0.1) is 5.70 Å². The van der Waals surface area contributed by atoms with Gasteiger partial charge in [-0.2, -0.15) is 0 Å². The lowest BCUT2D eigenvalue weighted by atomic mass is 9.77. The van der Waals surface area contributed by atoms with Crippen LogP contribution in [-0.2, 0) is 44.6 Å². The van der Waals surface area contributed by atoms with Gasteiger partial charge in [0.15, 0.2) is 28.2 Å². The molecule has 0 bridgehead atoms. The summed E-state index contributed by atoms with van der Waals surface area (Å²) < 4.78 is 12.1. The molecule has 2 fully saturated rings. The van der Waals surface area contributed by atoms with E-state index >= 15 is 14.4 Å². The first-order valence-electron chi connectivity index (χ1n) is 27.8. The number of carbonyl (C=O) groups is 4. The number of anilines is 1. The highest BCUT2D eigenvalue weighted by Crippen LogP contribution is 2.49. The number of likely N-dealkylation sites (tertiary alicyclic amines) is 1. The van der Waals surface area contributed by atoms with Crippen LogP contribution in [0.15, 0.2) is 265 Å². The maximum atomic E-state index is 16.0. The minimum Gasteiger partial charge on any atom is -0.465 e. The van der Waals surface area contributed by atoms with Gasteiger partial charge in [0.2, 0.25) is 5.60 Å². The molecule has 8 aromatic carbocycles. The molecule has 3 aliphatic heterocycles. The summed E-state index contributed by atoms with van der Waals surface area (Å²) in [5.74, 6) is -1.96. The van der Waals surface area contributed by atoms with E-state index in [9.17, 15) is 4.79 Å². The molecular formula is C69H58N6O7S2. The number of amides is 2. The molecular weight excluding hydrogens is 1090 g/mol. The Morgan fingerprint density at radius 1 is 0.643 bits per heavy atom. The summed E-state index contributed by atoms with van der Waals surface area (Å²) in [5.41, 5.74) is 2.64. The van der Waals surface area contributed by atoms with E-state index in [2.05, 4.69) is 51.9 Å². The molecule has 0 radical (unpaired) electrons. The number of oxime groups is 1. The van der Waals surface area contributed by atoms with Crippen molar-refractivity contribution in [2.45, 2.75) is 41.0 Å². The van der Waals surface area contributed by atoms with Crippen molar-refractivity contribution in [3.05, 3.63) is 310 Å². The average Bonchev–Trinajstić information content (AvgIpc) is 1.34. The van der Waals surface area contributed by atoms with Crippen LogP contribution in [0.4, 0.5) is 5.13 Å². The van der Waals surface area contributed by atoms with Gasteiger partial charge in [-0.15, -0.1) is 23.1 Å². The monoisotopic (exact) mass is 1150 g/mol. The lowest BCUT2D eigenvalue weighted by molar-refractivity contribution is -0.166. The molecule has 3 aliphatic rings. The fraction of sp³-hybridized carbons (Fsp3) is 0.159. The summed E-state index contributed by atoms with van der Waals surface area (Å²) in [5, 5.41) is 13.0. The minimum absolute atomic E-state index is 0.0722. The van der Waals surface area contributed by atoms with Crippen molar-refractivity contribution in [2.75, 3.05) is 30.8 Å². The van der Waals surface area contributed by atoms with Crippen molar-refractivity contribution in [2.24, 2.45) is 5.16 Å². The molecule has 1 unspecified atom stereocenters. The molecule has 4 heterocycles. The topological polar surface area (TPSA) is 152 Å². The Kier molecular flexibility index (Phi) is 16.0. The highest BCUT2D eigenvalue weighted by atomic mass is 32.2. The third-order valence-corrected chi connectivity index (χ3v) is 17.8. The van der Waals surface area contributed by atoms with E-state index in [-0.39, 0.29) is 29.3 Å². The van der Waals surface area contributed by atoms with Crippen LogP contribution >= 0.6 is 23.1 Å². The van der Waals surface area contributed by atoms with Gasteiger partial charge in [-0.25, -0.2) is 9.78 Å². The molecule has 9 aromatic rings. The highest BCUT2D eigenvalue weighted by molar-refractivity contribution is 8.00. The first kappa shape index (κ1) is 55.0. The smallest absolute Gasteiger partial charge is 0.357 e. The number of nitrogens with one attached hydrogen (secondary N) is 2. The summed E-state index contributed by atoms with van der Waals surface area (Å²) in [4.78, 5) is 74.8. The Bertz CT molecular complexity index is 3570. The molecule has 1 aromatic heterocycles. The molecule has 2 N–H and O–H groups in total. The number of ether oxygens (including phenoxy) is 2. The van der Waals surface area contributed by atoms with E-state index in [1.165, 1.54) is 28.0 Å². The number of esters is 1. The minimum atomic E-state index is -1.92. The number of rotatable bonds is 21. The number of hydrogen-bond acceptors (Lipinski definition) is 13. The van der Waals surface area contributed by atoms with Crippen molar-refractivity contribution in [1.29, 1.82) is 0 Å². The fourth-order valence-electron chi connectivity index (χ4n) is 11.7. The number of thioether (sulfide) groups is 1. The van der Waals surface area contributed by atoms with Gasteiger partial charge < -0.3 is 29.8 Å². The molecule has 84 heavy (non-hydrogen) atoms. The molecule has 0 spiro atoms. The SMILES string of the molecule is O=COCC1(NC(=O)/C(=N\OC(c2ccccc2)(c2ccccc2)c2ccccc2)c2csc(NC(c3ccccc3)(c3ccccc3)c3ccccc3)n2)C(=O)N2C(C(=O)OC(c3ccccc3)c3ccccc3)=C(N3CCCC3)CS[C@H]21. The van der Waals surface area contributed by atoms with Crippen LogP contribution in [0.3, 0.4) is 0 Å². The van der Waals surface area contributed by atoms with E-state index in [0.717, 1.165) is 40.7 Å². The zero-order chi connectivity index (χ0) is 57.4. The molecule has 2 atom stereocenters. The molecule has 12 rings (SSSR count). The van der Waals surface area contributed by atoms with E-state index in [0.29, 0.717) is 40.6 Å². The molecule has 0 saturated carbocycles. The first-order chi connectivity index (χ1) is 41.3. The third kappa shape index (κ3) is 10.4. The lowest BCUT2D eigenvalue weighted by Crippen LogP contribution is -2.82. The van der Waals surface area contributed by atoms with Crippen LogP contribution < -0.4 is 10.6 Å². The number of thiazole rings is 1. The van der Waals surface area contributed by atoms with Crippen LogP contribution in [0, 0.1) is 0 Å². The number of hydrogen-bond donors (Lipinski definition) is 2. The number of benzene rings is 8. The van der Waals surface area contributed by atoms with Gasteiger partial charge in [0, 0.05) is 40.9 Å². The number of fused-ring (bicyclic) bond motifs is 1. The lowest BCUT2D eigenvalue weighted by Gasteiger charge is -2.57. The zero-order valence-electron chi connectivity index (χ0n) is 45.6. The second-order valence-electron chi connectivity index (χ2n) is 20.6. The number of nitrogens with zero attached hydrogens (tertiary/aromatic N) is 4. The van der Waals surface area contributed by atoms with E-state index in [4.69, 9.17) is 24.5 Å². The molecule has 2 amide bonds. The molecule has 13 nitrogen and oxygen atoms in total. The van der Waals surface area contributed by atoms with Gasteiger partial charge in [0.25, 0.3) is 18.3 Å². The van der Waals surface area contributed by atoms with Crippen molar-refractivity contribution in [1.82, 2.24) is 20.1 Å². The number of β-lactam (4-membered cyclic amide) rings is 1. The molecule has 0 aliphatic carbocycles. The molecule has 418 valence electrons. The van der Waals surface area contributed by atoms with Gasteiger partial charge in [-0.1, -0.05) is 248 Å². The molecule has 2 saturated heterocycles. The summed E-state index contributed by atoms with van der Waals surface area (Å²) >= 11 is 2.62. The third-order valence-electron chi connectivity index (χ3n) is 15.7. The van der Waals surface area contributed by atoms with Crippen molar-refractivity contribution in [3.63, 3.8) is 0 Å². The summed E-state index contributed by atoms with van der Waals surface area (Å²) in [6.07, 6.45) is 0.993. The van der Waals surface area contributed by atoms with Gasteiger partial charge in [-0.3, -0.25) is 19.3 Å².